The molecular weight excluding hydrogens is 496 g/mol. The van der Waals surface area contributed by atoms with Gasteiger partial charge in [0.25, 0.3) is 0 Å². The zero-order valence-corrected chi connectivity index (χ0v) is 23.6. The summed E-state index contributed by atoms with van der Waals surface area (Å²) in [7, 11) is 1.63. The summed E-state index contributed by atoms with van der Waals surface area (Å²) in [5, 5.41) is 4.87. The molecule has 3 aromatic rings. The average Bonchev–Trinajstić information content (AvgIpc) is 3.40. The summed E-state index contributed by atoms with van der Waals surface area (Å²) in [6, 6.07) is 21.3. The minimum absolute atomic E-state index is 0.130. The second-order valence-corrected chi connectivity index (χ2v) is 11.3. The van der Waals surface area contributed by atoms with Gasteiger partial charge in [-0.1, -0.05) is 55.0 Å². The predicted molar refractivity (Wildman–Crippen MR) is 153 cm³/mol. The fourth-order valence-electron chi connectivity index (χ4n) is 4.07. The molecule has 1 radical (unpaired) electrons. The minimum Gasteiger partial charge on any atom is -0.497 e. The number of methoxy groups -OCH3 is 1. The van der Waals surface area contributed by atoms with E-state index in [2.05, 4.69) is 23.9 Å². The molecule has 3 rings (SSSR count). The van der Waals surface area contributed by atoms with E-state index >= 15 is 0 Å². The Morgan fingerprint density at radius 3 is 2.45 bits per heavy atom. The monoisotopic (exact) mass is 535 g/mol. The largest absolute Gasteiger partial charge is 0.497 e. The number of thiophene rings is 1. The molecule has 0 aliphatic rings. The Kier molecular flexibility index (Phi) is 11.2. The summed E-state index contributed by atoms with van der Waals surface area (Å²) >= 11 is 1.61. The summed E-state index contributed by atoms with van der Waals surface area (Å²) in [5.41, 5.74) is 1.56. The van der Waals surface area contributed by atoms with Crippen molar-refractivity contribution >= 4 is 23.3 Å². The fourth-order valence-corrected chi connectivity index (χ4v) is 4.79. The van der Waals surface area contributed by atoms with Crippen molar-refractivity contribution in [2.45, 2.75) is 71.2 Å². The number of hydrogen-bond donors (Lipinski definition) is 1. The molecule has 0 unspecified atom stereocenters. The molecular formula is C31H39N2O4S. The number of alkyl carbamates (subject to hydrolysis) is 1. The molecule has 7 heteroatoms. The van der Waals surface area contributed by atoms with Gasteiger partial charge in [-0.05, 0) is 81.2 Å². The normalized spacial score (nSPS) is 12.0. The number of carbonyl (C=O) groups is 2. The molecule has 2 aromatic carbocycles. The van der Waals surface area contributed by atoms with Crippen LogP contribution in [0.5, 0.6) is 5.75 Å². The first-order chi connectivity index (χ1) is 18.2. The number of hydrogen-bond acceptors (Lipinski definition) is 5. The molecule has 1 heterocycles. The zero-order valence-electron chi connectivity index (χ0n) is 22.8. The molecule has 203 valence electrons. The SMILES string of the molecule is COc1cccc(CN(Cc2cccs2)C(=O)[C@H](CCC[CH]Cc2ccccc2)NC(=O)OC(C)(C)C)c1. The number of ether oxygens (including phenoxy) is 2. The molecule has 2 amide bonds. The number of nitrogens with one attached hydrogen (secondary N) is 1. The van der Waals surface area contributed by atoms with E-state index in [4.69, 9.17) is 9.47 Å². The highest BCUT2D eigenvalue weighted by Crippen LogP contribution is 2.20. The highest BCUT2D eigenvalue weighted by molar-refractivity contribution is 7.09. The van der Waals surface area contributed by atoms with Crippen LogP contribution in [-0.4, -0.2) is 35.7 Å². The van der Waals surface area contributed by atoms with E-state index in [9.17, 15) is 9.59 Å². The molecule has 1 atom stereocenters. The van der Waals surface area contributed by atoms with Crippen molar-refractivity contribution in [1.29, 1.82) is 0 Å². The van der Waals surface area contributed by atoms with Crippen LogP contribution in [0.15, 0.2) is 72.1 Å². The van der Waals surface area contributed by atoms with Crippen LogP contribution in [0.4, 0.5) is 4.79 Å². The van der Waals surface area contributed by atoms with E-state index in [1.807, 2.05) is 80.7 Å². The maximum Gasteiger partial charge on any atom is 0.408 e. The lowest BCUT2D eigenvalue weighted by molar-refractivity contribution is -0.135. The van der Waals surface area contributed by atoms with Gasteiger partial charge in [0, 0.05) is 11.4 Å². The van der Waals surface area contributed by atoms with E-state index in [1.54, 1.807) is 23.3 Å². The lowest BCUT2D eigenvalue weighted by Gasteiger charge is -2.29. The van der Waals surface area contributed by atoms with Crippen molar-refractivity contribution in [1.82, 2.24) is 10.2 Å². The van der Waals surface area contributed by atoms with Crippen molar-refractivity contribution < 1.29 is 19.1 Å². The average molecular weight is 536 g/mol. The third kappa shape index (κ3) is 10.2. The summed E-state index contributed by atoms with van der Waals surface area (Å²) in [6.07, 6.45) is 4.65. The molecule has 0 saturated carbocycles. The molecule has 0 bridgehead atoms. The van der Waals surface area contributed by atoms with Crippen molar-refractivity contribution in [3.63, 3.8) is 0 Å². The second kappa shape index (κ2) is 14.6. The Bertz CT molecular complexity index is 1130. The van der Waals surface area contributed by atoms with Crippen molar-refractivity contribution in [3.05, 3.63) is 94.5 Å². The van der Waals surface area contributed by atoms with Crippen LogP contribution in [0.3, 0.4) is 0 Å². The van der Waals surface area contributed by atoms with Gasteiger partial charge >= 0.3 is 6.09 Å². The van der Waals surface area contributed by atoms with Crippen LogP contribution in [-0.2, 0) is 29.0 Å². The molecule has 0 fully saturated rings. The first-order valence-electron chi connectivity index (χ1n) is 13.0. The van der Waals surface area contributed by atoms with Crippen LogP contribution < -0.4 is 10.1 Å². The Balaban J connectivity index is 1.72. The number of unbranched alkanes of at least 4 members (excludes halogenated alkanes) is 2. The molecule has 1 aromatic heterocycles. The van der Waals surface area contributed by atoms with E-state index in [-0.39, 0.29) is 5.91 Å². The van der Waals surface area contributed by atoms with Gasteiger partial charge < -0.3 is 19.7 Å². The highest BCUT2D eigenvalue weighted by atomic mass is 32.1. The molecule has 0 spiro atoms. The number of benzene rings is 2. The maximum absolute atomic E-state index is 13.9. The van der Waals surface area contributed by atoms with Gasteiger partial charge in [-0.2, -0.15) is 0 Å². The third-order valence-electron chi connectivity index (χ3n) is 5.86. The van der Waals surface area contributed by atoms with E-state index in [0.29, 0.717) is 19.5 Å². The molecule has 0 aliphatic carbocycles. The summed E-state index contributed by atoms with van der Waals surface area (Å²) < 4.78 is 10.9. The van der Waals surface area contributed by atoms with Gasteiger partial charge in [-0.3, -0.25) is 4.79 Å². The number of rotatable bonds is 13. The maximum atomic E-state index is 13.9. The second-order valence-electron chi connectivity index (χ2n) is 10.2. The van der Waals surface area contributed by atoms with Gasteiger partial charge in [-0.25, -0.2) is 4.79 Å². The molecule has 38 heavy (non-hydrogen) atoms. The highest BCUT2D eigenvalue weighted by Gasteiger charge is 2.28. The van der Waals surface area contributed by atoms with Gasteiger partial charge in [0.05, 0.1) is 13.7 Å². The zero-order chi connectivity index (χ0) is 27.4. The number of amides is 2. The van der Waals surface area contributed by atoms with Crippen molar-refractivity contribution in [3.8, 4) is 5.75 Å². The van der Waals surface area contributed by atoms with Crippen molar-refractivity contribution in [2.24, 2.45) is 0 Å². The molecule has 0 aliphatic heterocycles. The molecule has 1 N–H and O–H groups in total. The minimum atomic E-state index is -0.694. The predicted octanol–water partition coefficient (Wildman–Crippen LogP) is 6.80. The van der Waals surface area contributed by atoms with Crippen LogP contribution >= 0.6 is 11.3 Å². The lowest BCUT2D eigenvalue weighted by atomic mass is 10.0. The summed E-state index contributed by atoms with van der Waals surface area (Å²) in [6.45, 7) is 6.30. The smallest absolute Gasteiger partial charge is 0.408 e. The van der Waals surface area contributed by atoms with Crippen molar-refractivity contribution in [2.75, 3.05) is 7.11 Å². The Labute approximate surface area is 231 Å². The third-order valence-corrected chi connectivity index (χ3v) is 6.72. The lowest BCUT2D eigenvalue weighted by Crippen LogP contribution is -2.49. The van der Waals surface area contributed by atoms with Crippen LogP contribution in [0.25, 0.3) is 0 Å². The first kappa shape index (κ1) is 29.2. The van der Waals surface area contributed by atoms with Crippen LogP contribution in [0, 0.1) is 6.42 Å². The number of carbonyl (C=O) groups excluding carboxylic acids is 2. The van der Waals surface area contributed by atoms with Gasteiger partial charge in [0.15, 0.2) is 0 Å². The van der Waals surface area contributed by atoms with Crippen LogP contribution in [0.1, 0.15) is 56.0 Å². The van der Waals surface area contributed by atoms with Crippen LogP contribution in [0.2, 0.25) is 0 Å². The topological polar surface area (TPSA) is 67.9 Å². The fraction of sp³-hybridized carbons (Fsp3) is 0.387. The van der Waals surface area contributed by atoms with Gasteiger partial charge in [0.2, 0.25) is 5.91 Å². The summed E-state index contributed by atoms with van der Waals surface area (Å²) in [5.74, 6) is 0.610. The Morgan fingerprint density at radius 1 is 1.00 bits per heavy atom. The standard InChI is InChI=1S/C31H39N2O4S/c1-31(2,3)37-30(35)32-28(19-10-6-9-15-24-13-7-5-8-14-24)29(34)33(23-27-18-12-20-38-27)22-25-16-11-17-26(21-25)36-4/h5,7-9,11-14,16-18,20-21,28H,6,10,15,19,22-23H2,1-4H3,(H,32,35)/t28-/m0/s1. The van der Waals surface area contributed by atoms with Gasteiger partial charge in [-0.15, -0.1) is 11.3 Å². The van der Waals surface area contributed by atoms with Gasteiger partial charge in [0.1, 0.15) is 17.4 Å². The molecule has 6 nitrogen and oxygen atoms in total. The quantitative estimate of drug-likeness (QED) is 0.245. The first-order valence-corrected chi connectivity index (χ1v) is 13.9. The Hall–Kier alpha value is -3.32. The summed E-state index contributed by atoms with van der Waals surface area (Å²) in [4.78, 5) is 29.5. The molecule has 0 saturated heterocycles. The van der Waals surface area contributed by atoms with E-state index in [0.717, 1.165) is 35.5 Å². The number of nitrogens with zero attached hydrogens (tertiary/aromatic N) is 1. The Morgan fingerprint density at radius 2 is 1.76 bits per heavy atom. The van der Waals surface area contributed by atoms with E-state index in [1.165, 1.54) is 5.56 Å². The van der Waals surface area contributed by atoms with E-state index < -0.39 is 17.7 Å².